The van der Waals surface area contributed by atoms with Gasteiger partial charge in [0.15, 0.2) is 0 Å². The van der Waals surface area contributed by atoms with E-state index in [2.05, 4.69) is 10.1 Å². The van der Waals surface area contributed by atoms with Gasteiger partial charge in [0, 0.05) is 6.54 Å². The number of hydrogen-bond acceptors (Lipinski definition) is 4. The van der Waals surface area contributed by atoms with E-state index in [4.69, 9.17) is 0 Å². The molecule has 8 heteroatoms. The van der Waals surface area contributed by atoms with Crippen molar-refractivity contribution in [1.82, 2.24) is 0 Å². The average Bonchev–Trinajstić information content (AvgIpc) is 2.45. The normalized spacial score (nSPS) is 16.6. The fourth-order valence-corrected chi connectivity index (χ4v) is 2.34. The summed E-state index contributed by atoms with van der Waals surface area (Å²) >= 11 is 0. The molecule has 1 aliphatic rings. The van der Waals surface area contributed by atoms with Gasteiger partial charge < -0.3 is 15.0 Å². The van der Waals surface area contributed by atoms with Crippen molar-refractivity contribution < 1.29 is 27.5 Å². The zero-order valence-corrected chi connectivity index (χ0v) is 12.7. The van der Waals surface area contributed by atoms with Gasteiger partial charge in [-0.05, 0) is 32.4 Å². The number of fused-ring (bicyclic) bond motifs is 1. The lowest BCUT2D eigenvalue weighted by atomic mass is 9.98. The second kappa shape index (κ2) is 6.10. The summed E-state index contributed by atoms with van der Waals surface area (Å²) in [5.74, 6) is -2.41. The smallest absolute Gasteiger partial charge is 0.459 e. The molecular formula is C15H17F3N2O3. The van der Waals surface area contributed by atoms with Crippen LogP contribution in [0.1, 0.15) is 20.3 Å². The highest BCUT2D eigenvalue weighted by Gasteiger charge is 2.41. The van der Waals surface area contributed by atoms with Crippen LogP contribution < -0.4 is 10.2 Å². The first-order chi connectivity index (χ1) is 10.6. The third kappa shape index (κ3) is 3.75. The molecule has 5 nitrogen and oxygen atoms in total. The van der Waals surface area contributed by atoms with Crippen molar-refractivity contribution >= 4 is 23.3 Å². The zero-order valence-electron chi connectivity index (χ0n) is 12.7. The largest absolute Gasteiger partial charge is 0.490 e. The number of para-hydroxylation sites is 2. The van der Waals surface area contributed by atoms with Crippen LogP contribution in [-0.2, 0) is 14.3 Å². The van der Waals surface area contributed by atoms with Crippen molar-refractivity contribution in [2.75, 3.05) is 23.4 Å². The van der Waals surface area contributed by atoms with E-state index in [1.807, 2.05) is 12.1 Å². The van der Waals surface area contributed by atoms with Crippen LogP contribution in [0.25, 0.3) is 0 Å². The van der Waals surface area contributed by atoms with E-state index in [9.17, 15) is 22.8 Å². The van der Waals surface area contributed by atoms with Crippen molar-refractivity contribution in [2.45, 2.75) is 32.0 Å². The van der Waals surface area contributed by atoms with Crippen LogP contribution in [0.15, 0.2) is 24.3 Å². The molecule has 0 saturated carbocycles. The highest BCUT2D eigenvalue weighted by Crippen LogP contribution is 2.34. The van der Waals surface area contributed by atoms with Crippen LogP contribution >= 0.6 is 0 Å². The van der Waals surface area contributed by atoms with E-state index < -0.39 is 24.3 Å². The lowest BCUT2D eigenvalue weighted by molar-refractivity contribution is -0.199. The van der Waals surface area contributed by atoms with Crippen molar-refractivity contribution in [3.63, 3.8) is 0 Å². The number of esters is 1. The second-order valence-corrected chi connectivity index (χ2v) is 5.71. The van der Waals surface area contributed by atoms with Crippen LogP contribution in [0.2, 0.25) is 0 Å². The number of hydrogen-bond donors (Lipinski definition) is 1. The van der Waals surface area contributed by atoms with Gasteiger partial charge >= 0.3 is 12.1 Å². The number of halogens is 3. The first-order valence-corrected chi connectivity index (χ1v) is 7.06. The summed E-state index contributed by atoms with van der Waals surface area (Å²) in [5, 5.41) is 3.12. The molecule has 0 atom stereocenters. The Kier molecular flexibility index (Phi) is 4.53. The summed E-state index contributed by atoms with van der Waals surface area (Å²) in [6.45, 7) is 3.20. The summed E-state index contributed by atoms with van der Waals surface area (Å²) < 4.78 is 40.3. The number of nitrogens with zero attached hydrogens (tertiary/aromatic N) is 1. The van der Waals surface area contributed by atoms with Crippen molar-refractivity contribution in [3.8, 4) is 0 Å². The molecule has 0 unspecified atom stereocenters. The lowest BCUT2D eigenvalue weighted by Crippen LogP contribution is -2.54. The van der Waals surface area contributed by atoms with Crippen molar-refractivity contribution in [2.24, 2.45) is 0 Å². The summed E-state index contributed by atoms with van der Waals surface area (Å²) in [6, 6.07) is 7.15. The summed E-state index contributed by atoms with van der Waals surface area (Å²) in [5.41, 5.74) is 0.597. The molecule has 0 spiro atoms. The Bertz CT molecular complexity index is 614. The fourth-order valence-electron chi connectivity index (χ4n) is 2.34. The molecular weight excluding hydrogens is 313 g/mol. The van der Waals surface area contributed by atoms with Gasteiger partial charge in [0.05, 0.1) is 18.0 Å². The quantitative estimate of drug-likeness (QED) is 0.681. The Morgan fingerprint density at radius 1 is 1.30 bits per heavy atom. The molecule has 0 saturated heterocycles. The van der Waals surface area contributed by atoms with Gasteiger partial charge in [0.1, 0.15) is 5.54 Å². The predicted octanol–water partition coefficient (Wildman–Crippen LogP) is 2.72. The number of nitrogens with one attached hydrogen (secondary N) is 1. The summed E-state index contributed by atoms with van der Waals surface area (Å²) in [4.78, 5) is 24.6. The first kappa shape index (κ1) is 17.1. The number of rotatable bonds is 4. The topological polar surface area (TPSA) is 58.6 Å². The SMILES string of the molecule is CC1(C)Nc2ccccc2N(CCCOC(=O)C(F)(F)F)C1=O. The van der Waals surface area contributed by atoms with Crippen LogP contribution in [0.5, 0.6) is 0 Å². The number of benzene rings is 1. The molecule has 2 rings (SSSR count). The molecule has 23 heavy (non-hydrogen) atoms. The van der Waals surface area contributed by atoms with Crippen LogP contribution in [-0.4, -0.2) is 36.7 Å². The Morgan fingerprint density at radius 3 is 2.61 bits per heavy atom. The van der Waals surface area contributed by atoms with Crippen LogP contribution in [0.4, 0.5) is 24.5 Å². The Balaban J connectivity index is 2.01. The molecule has 1 amide bonds. The van der Waals surface area contributed by atoms with E-state index in [0.29, 0.717) is 5.69 Å². The number of ether oxygens (including phenoxy) is 1. The van der Waals surface area contributed by atoms with Gasteiger partial charge in [-0.3, -0.25) is 4.79 Å². The van der Waals surface area contributed by atoms with Crippen molar-refractivity contribution in [1.29, 1.82) is 0 Å². The molecule has 0 bridgehead atoms. The fraction of sp³-hybridized carbons (Fsp3) is 0.467. The Labute approximate surface area is 131 Å². The van der Waals surface area contributed by atoms with Gasteiger partial charge in [-0.25, -0.2) is 4.79 Å². The number of carbonyl (C=O) groups is 2. The first-order valence-electron chi connectivity index (χ1n) is 7.06. The number of amides is 1. The van der Waals surface area contributed by atoms with E-state index in [0.717, 1.165) is 5.69 Å². The summed E-state index contributed by atoms with van der Waals surface area (Å²) in [7, 11) is 0. The molecule has 1 heterocycles. The van der Waals surface area contributed by atoms with E-state index in [-0.39, 0.29) is 18.9 Å². The van der Waals surface area contributed by atoms with Gasteiger partial charge in [-0.2, -0.15) is 13.2 Å². The van der Waals surface area contributed by atoms with Crippen LogP contribution in [0, 0.1) is 0 Å². The third-order valence-electron chi connectivity index (χ3n) is 3.41. The van der Waals surface area contributed by atoms with Gasteiger partial charge in [0.2, 0.25) is 0 Å². The molecule has 126 valence electrons. The minimum atomic E-state index is -5.00. The number of carbonyl (C=O) groups excluding carboxylic acids is 2. The number of anilines is 2. The van der Waals surface area contributed by atoms with Gasteiger partial charge in [-0.15, -0.1) is 0 Å². The molecule has 1 aromatic carbocycles. The molecule has 0 fully saturated rings. The molecule has 0 aliphatic carbocycles. The Hall–Kier alpha value is -2.25. The maximum absolute atomic E-state index is 12.5. The van der Waals surface area contributed by atoms with E-state index >= 15 is 0 Å². The third-order valence-corrected chi connectivity index (χ3v) is 3.41. The molecule has 1 aromatic rings. The van der Waals surface area contributed by atoms with E-state index in [1.165, 1.54) is 4.90 Å². The average molecular weight is 330 g/mol. The molecule has 1 aliphatic heterocycles. The second-order valence-electron chi connectivity index (χ2n) is 5.71. The van der Waals surface area contributed by atoms with E-state index in [1.54, 1.807) is 26.0 Å². The standard InChI is InChI=1S/C15H17F3N2O3/c1-14(2)12(21)20(11-7-4-3-6-10(11)19-14)8-5-9-23-13(22)15(16,17)18/h3-4,6-7,19H,5,8-9H2,1-2H3. The number of alkyl halides is 3. The zero-order chi connectivity index (χ0) is 17.3. The minimum absolute atomic E-state index is 0.109. The predicted molar refractivity (Wildman–Crippen MR) is 78.1 cm³/mol. The highest BCUT2D eigenvalue weighted by atomic mass is 19.4. The molecule has 1 N–H and O–H groups in total. The molecule has 0 radical (unpaired) electrons. The monoisotopic (exact) mass is 330 g/mol. The van der Waals surface area contributed by atoms with Gasteiger partial charge in [0.25, 0.3) is 5.91 Å². The van der Waals surface area contributed by atoms with Crippen molar-refractivity contribution in [3.05, 3.63) is 24.3 Å². The Morgan fingerprint density at radius 2 is 1.96 bits per heavy atom. The maximum Gasteiger partial charge on any atom is 0.490 e. The van der Waals surface area contributed by atoms with Gasteiger partial charge in [-0.1, -0.05) is 12.1 Å². The lowest BCUT2D eigenvalue weighted by Gasteiger charge is -2.39. The minimum Gasteiger partial charge on any atom is -0.459 e. The molecule has 0 aromatic heterocycles. The summed E-state index contributed by atoms with van der Waals surface area (Å²) in [6.07, 6.45) is -4.89. The maximum atomic E-state index is 12.5. The highest BCUT2D eigenvalue weighted by molar-refractivity contribution is 6.07. The van der Waals surface area contributed by atoms with Crippen LogP contribution in [0.3, 0.4) is 0 Å².